The monoisotopic (exact) mass is 387 g/mol. The van der Waals surface area contributed by atoms with Gasteiger partial charge in [0.25, 0.3) is 5.91 Å². The van der Waals surface area contributed by atoms with E-state index in [1.807, 2.05) is 47.0 Å². The Hall–Kier alpha value is -3.80. The summed E-state index contributed by atoms with van der Waals surface area (Å²) < 4.78 is 12.5. The van der Waals surface area contributed by atoms with E-state index in [9.17, 15) is 4.79 Å². The number of nitrogens with zero attached hydrogens (tertiary/aromatic N) is 2. The van der Waals surface area contributed by atoms with Crippen LogP contribution in [0.2, 0.25) is 0 Å². The molecule has 1 amide bonds. The lowest BCUT2D eigenvalue weighted by atomic mass is 10.2. The number of benzene rings is 3. The Kier molecular flexibility index (Phi) is 5.16. The van der Waals surface area contributed by atoms with Crippen molar-refractivity contribution in [1.82, 2.24) is 9.99 Å². The Balaban J connectivity index is 1.53. The first-order valence-electron chi connectivity index (χ1n) is 9.21. The number of carbonyl (C=O) groups excluding carboxylic acids is 1. The van der Waals surface area contributed by atoms with Crippen molar-refractivity contribution in [3.8, 4) is 11.5 Å². The standard InChI is InChI=1S/C23H21N3O3/c1-28-21-12-11-16(13-22(21)29-2)14-24-25-23(27)15-26-19-9-5-3-7-17(19)18-8-4-6-10-20(18)26/h3-14H,15H2,1-2H3,(H,25,27)/b24-14-. The van der Waals surface area contributed by atoms with E-state index in [2.05, 4.69) is 22.7 Å². The van der Waals surface area contributed by atoms with Gasteiger partial charge in [0.1, 0.15) is 6.54 Å². The van der Waals surface area contributed by atoms with Gasteiger partial charge in [-0.3, -0.25) is 4.79 Å². The highest BCUT2D eigenvalue weighted by molar-refractivity contribution is 6.08. The Morgan fingerprint density at radius 1 is 0.931 bits per heavy atom. The summed E-state index contributed by atoms with van der Waals surface area (Å²) in [6.45, 7) is 0.178. The van der Waals surface area contributed by atoms with Crippen LogP contribution in [0.4, 0.5) is 0 Å². The molecule has 0 radical (unpaired) electrons. The van der Waals surface area contributed by atoms with E-state index in [1.54, 1.807) is 32.6 Å². The minimum atomic E-state index is -0.201. The number of hydrazone groups is 1. The molecule has 0 fully saturated rings. The third kappa shape index (κ3) is 3.65. The molecule has 0 bridgehead atoms. The van der Waals surface area contributed by atoms with Crippen molar-refractivity contribution in [2.24, 2.45) is 5.10 Å². The largest absolute Gasteiger partial charge is 0.493 e. The first kappa shape index (κ1) is 18.6. The molecule has 0 unspecified atom stereocenters. The molecule has 6 nitrogen and oxygen atoms in total. The lowest BCUT2D eigenvalue weighted by Gasteiger charge is -2.08. The lowest BCUT2D eigenvalue weighted by Crippen LogP contribution is -2.23. The van der Waals surface area contributed by atoms with E-state index in [1.165, 1.54) is 0 Å². The van der Waals surface area contributed by atoms with Gasteiger partial charge in [-0.15, -0.1) is 0 Å². The predicted molar refractivity (Wildman–Crippen MR) is 115 cm³/mol. The van der Waals surface area contributed by atoms with Crippen LogP contribution in [0.5, 0.6) is 11.5 Å². The van der Waals surface area contributed by atoms with E-state index >= 15 is 0 Å². The zero-order valence-corrected chi connectivity index (χ0v) is 16.3. The number of hydrogen-bond acceptors (Lipinski definition) is 4. The summed E-state index contributed by atoms with van der Waals surface area (Å²) in [5.74, 6) is 1.04. The molecule has 6 heteroatoms. The van der Waals surface area contributed by atoms with Crippen molar-refractivity contribution in [2.75, 3.05) is 14.2 Å². The zero-order valence-electron chi connectivity index (χ0n) is 16.3. The van der Waals surface area contributed by atoms with Crippen molar-refractivity contribution in [3.05, 3.63) is 72.3 Å². The van der Waals surface area contributed by atoms with Crippen LogP contribution in [-0.2, 0) is 11.3 Å². The number of aromatic nitrogens is 1. The van der Waals surface area contributed by atoms with Crippen molar-refractivity contribution in [2.45, 2.75) is 6.54 Å². The molecule has 0 atom stereocenters. The molecule has 1 heterocycles. The van der Waals surface area contributed by atoms with Crippen molar-refractivity contribution in [1.29, 1.82) is 0 Å². The summed E-state index contributed by atoms with van der Waals surface area (Å²) in [4.78, 5) is 12.5. The Morgan fingerprint density at radius 2 is 1.55 bits per heavy atom. The summed E-state index contributed by atoms with van der Waals surface area (Å²) in [6.07, 6.45) is 1.58. The molecule has 29 heavy (non-hydrogen) atoms. The molecule has 146 valence electrons. The molecule has 1 N–H and O–H groups in total. The fraction of sp³-hybridized carbons (Fsp3) is 0.130. The van der Waals surface area contributed by atoms with Crippen LogP contribution in [0.1, 0.15) is 5.56 Å². The molecule has 3 aromatic carbocycles. The van der Waals surface area contributed by atoms with Gasteiger partial charge in [-0.2, -0.15) is 5.10 Å². The molecule has 0 saturated carbocycles. The molecule has 0 aliphatic carbocycles. The molecular weight excluding hydrogens is 366 g/mol. The topological polar surface area (TPSA) is 64.8 Å². The molecule has 0 aliphatic rings. The second-order valence-corrected chi connectivity index (χ2v) is 6.53. The summed E-state index contributed by atoms with van der Waals surface area (Å²) in [5, 5.41) is 6.34. The highest BCUT2D eigenvalue weighted by atomic mass is 16.5. The number of rotatable bonds is 6. The molecule has 0 saturated heterocycles. The third-order valence-electron chi connectivity index (χ3n) is 4.79. The maximum absolute atomic E-state index is 12.5. The molecule has 1 aromatic heterocycles. The average Bonchev–Trinajstić information content (AvgIpc) is 3.07. The van der Waals surface area contributed by atoms with Crippen LogP contribution < -0.4 is 14.9 Å². The van der Waals surface area contributed by atoms with Gasteiger partial charge in [-0.05, 0) is 35.9 Å². The molecule has 0 aliphatic heterocycles. The number of nitrogens with one attached hydrogen (secondary N) is 1. The SMILES string of the molecule is COc1ccc(/C=N\NC(=O)Cn2c3ccccc3c3ccccc32)cc1OC. The third-order valence-corrected chi connectivity index (χ3v) is 4.79. The zero-order chi connectivity index (χ0) is 20.2. The Labute approximate surface area is 168 Å². The molecular formula is C23H21N3O3. The predicted octanol–water partition coefficient (Wildman–Crippen LogP) is 3.96. The Bertz CT molecular complexity index is 1160. The molecule has 4 aromatic rings. The van der Waals surface area contributed by atoms with E-state index in [4.69, 9.17) is 9.47 Å². The summed E-state index contributed by atoms with van der Waals surface area (Å²) in [5.41, 5.74) is 5.44. The van der Waals surface area contributed by atoms with Gasteiger partial charge in [-0.1, -0.05) is 36.4 Å². The lowest BCUT2D eigenvalue weighted by molar-refractivity contribution is -0.121. The number of fused-ring (bicyclic) bond motifs is 3. The minimum absolute atomic E-state index is 0.178. The van der Waals surface area contributed by atoms with Crippen molar-refractivity contribution < 1.29 is 14.3 Å². The van der Waals surface area contributed by atoms with E-state index in [0.29, 0.717) is 11.5 Å². The van der Waals surface area contributed by atoms with E-state index < -0.39 is 0 Å². The maximum Gasteiger partial charge on any atom is 0.260 e. The number of amides is 1. The molecule has 4 rings (SSSR count). The maximum atomic E-state index is 12.5. The quantitative estimate of drug-likeness (QED) is 0.402. The number of para-hydroxylation sites is 2. The van der Waals surface area contributed by atoms with Crippen molar-refractivity contribution >= 4 is 33.9 Å². The van der Waals surface area contributed by atoms with E-state index in [0.717, 1.165) is 27.4 Å². The van der Waals surface area contributed by atoms with Crippen LogP contribution >= 0.6 is 0 Å². The molecule has 0 spiro atoms. The first-order chi connectivity index (χ1) is 14.2. The van der Waals surface area contributed by atoms with Gasteiger partial charge in [0.2, 0.25) is 0 Å². The van der Waals surface area contributed by atoms with Gasteiger partial charge < -0.3 is 14.0 Å². The van der Waals surface area contributed by atoms with Gasteiger partial charge >= 0.3 is 0 Å². The summed E-state index contributed by atoms with van der Waals surface area (Å²) in [6, 6.07) is 21.6. The summed E-state index contributed by atoms with van der Waals surface area (Å²) >= 11 is 0. The second-order valence-electron chi connectivity index (χ2n) is 6.53. The highest BCUT2D eigenvalue weighted by Gasteiger charge is 2.12. The highest BCUT2D eigenvalue weighted by Crippen LogP contribution is 2.28. The van der Waals surface area contributed by atoms with Crippen LogP contribution in [0.15, 0.2) is 71.8 Å². The fourth-order valence-electron chi connectivity index (χ4n) is 3.46. The second kappa shape index (κ2) is 8.06. The number of methoxy groups -OCH3 is 2. The van der Waals surface area contributed by atoms with Gasteiger partial charge in [0.15, 0.2) is 11.5 Å². The van der Waals surface area contributed by atoms with Gasteiger partial charge in [-0.25, -0.2) is 5.43 Å². The smallest absolute Gasteiger partial charge is 0.260 e. The first-order valence-corrected chi connectivity index (χ1v) is 9.21. The number of ether oxygens (including phenoxy) is 2. The van der Waals surface area contributed by atoms with Crippen molar-refractivity contribution in [3.63, 3.8) is 0 Å². The van der Waals surface area contributed by atoms with Crippen LogP contribution in [0, 0.1) is 0 Å². The van der Waals surface area contributed by atoms with E-state index in [-0.39, 0.29) is 12.5 Å². The van der Waals surface area contributed by atoms with Gasteiger partial charge in [0.05, 0.1) is 20.4 Å². The Morgan fingerprint density at radius 3 is 2.17 bits per heavy atom. The fourth-order valence-corrected chi connectivity index (χ4v) is 3.46. The minimum Gasteiger partial charge on any atom is -0.493 e. The van der Waals surface area contributed by atoms with Crippen LogP contribution in [-0.4, -0.2) is 30.9 Å². The number of carbonyl (C=O) groups is 1. The van der Waals surface area contributed by atoms with Gasteiger partial charge in [0, 0.05) is 21.8 Å². The average molecular weight is 387 g/mol. The van der Waals surface area contributed by atoms with Crippen LogP contribution in [0.3, 0.4) is 0 Å². The normalized spacial score (nSPS) is 11.2. The van der Waals surface area contributed by atoms with Crippen LogP contribution in [0.25, 0.3) is 21.8 Å². The number of hydrogen-bond donors (Lipinski definition) is 1. The summed E-state index contributed by atoms with van der Waals surface area (Å²) in [7, 11) is 3.16.